The molecule has 0 aliphatic carbocycles. The Labute approximate surface area is 445 Å². The molecule has 428 valence electrons. The summed E-state index contributed by atoms with van der Waals surface area (Å²) in [7, 11) is 7.22. The number of nitrogens with zero attached hydrogens (tertiary/aromatic N) is 3. The number of methoxy groups -OCH3 is 1. The fourth-order valence-electron chi connectivity index (χ4n) is 11.9. The lowest BCUT2D eigenvalue weighted by molar-refractivity contribution is -0.320. The number of ether oxygens (including phenoxy) is 8. The van der Waals surface area contributed by atoms with Crippen molar-refractivity contribution in [1.29, 1.82) is 0 Å². The Morgan fingerprint density at radius 1 is 0.920 bits per heavy atom. The number of likely N-dealkylation sites (N-methyl/N-ethyl adjacent to an activating group) is 2. The third-order valence-electron chi connectivity index (χ3n) is 16.4. The summed E-state index contributed by atoms with van der Waals surface area (Å²) in [5.74, 6) is -3.95. The van der Waals surface area contributed by atoms with Crippen LogP contribution < -0.4 is 5.43 Å². The zero-order valence-electron chi connectivity index (χ0n) is 47.5. The van der Waals surface area contributed by atoms with E-state index in [1.807, 2.05) is 84.6 Å². The van der Waals surface area contributed by atoms with E-state index in [1.165, 1.54) is 13.1 Å². The van der Waals surface area contributed by atoms with Gasteiger partial charge in [0, 0.05) is 76.0 Å². The molecule has 3 saturated heterocycles. The van der Waals surface area contributed by atoms with E-state index in [0.29, 0.717) is 69.5 Å². The highest BCUT2D eigenvalue weighted by atomic mass is 16.7. The summed E-state index contributed by atoms with van der Waals surface area (Å²) in [6, 6.07) is 4.72. The van der Waals surface area contributed by atoms with E-state index in [0.717, 1.165) is 5.56 Å². The molecule has 5 N–H and O–H groups in total. The van der Waals surface area contributed by atoms with Crippen LogP contribution in [0.3, 0.4) is 0 Å². The number of hydrogen-bond acceptors (Lipinski definition) is 17. The van der Waals surface area contributed by atoms with Crippen molar-refractivity contribution in [2.75, 3.05) is 54.6 Å². The predicted molar refractivity (Wildman–Crippen MR) is 283 cm³/mol. The van der Waals surface area contributed by atoms with Gasteiger partial charge in [-0.05, 0) is 139 Å². The lowest BCUT2D eigenvalue weighted by Crippen LogP contribution is -2.61. The number of aromatic carboxylic acids is 1. The third kappa shape index (κ3) is 15.0. The molecule has 0 spiro atoms. The van der Waals surface area contributed by atoms with Crippen LogP contribution in [-0.4, -0.2) is 197 Å². The number of carbonyl (C=O) groups excluding carboxylic acids is 1. The summed E-state index contributed by atoms with van der Waals surface area (Å²) in [4.78, 5) is 43.1. The summed E-state index contributed by atoms with van der Waals surface area (Å²) in [5, 5.41) is 58.1. The van der Waals surface area contributed by atoms with Gasteiger partial charge in [0.05, 0.1) is 47.1 Å². The molecule has 0 radical (unpaired) electrons. The lowest BCUT2D eigenvalue weighted by Gasteiger charge is -2.49. The number of pyridine rings is 1. The quantitative estimate of drug-likeness (QED) is 0.0976. The predicted octanol–water partition coefficient (Wildman–Crippen LogP) is 5.00. The molecular formula is C56H93N3O16. The van der Waals surface area contributed by atoms with Crippen molar-refractivity contribution in [3.05, 3.63) is 45.7 Å². The van der Waals surface area contributed by atoms with Gasteiger partial charge in [-0.2, -0.15) is 0 Å². The van der Waals surface area contributed by atoms with E-state index >= 15 is 0 Å². The van der Waals surface area contributed by atoms with Crippen LogP contribution in [0.4, 0.5) is 0 Å². The molecule has 19 heteroatoms. The summed E-state index contributed by atoms with van der Waals surface area (Å²) in [6.07, 6.45) is -4.61. The minimum atomic E-state index is -1.84. The highest BCUT2D eigenvalue weighted by Crippen LogP contribution is 2.41. The van der Waals surface area contributed by atoms with Crippen molar-refractivity contribution in [2.45, 2.75) is 218 Å². The van der Waals surface area contributed by atoms with Gasteiger partial charge in [-0.25, -0.2) is 4.79 Å². The van der Waals surface area contributed by atoms with E-state index in [-0.39, 0.29) is 42.9 Å². The summed E-state index contributed by atoms with van der Waals surface area (Å²) in [6.45, 7) is 22.1. The highest BCUT2D eigenvalue weighted by Gasteiger charge is 2.53. The fourth-order valence-corrected chi connectivity index (χ4v) is 11.9. The number of esters is 1. The van der Waals surface area contributed by atoms with Crippen LogP contribution in [0.5, 0.6) is 0 Å². The van der Waals surface area contributed by atoms with Crippen molar-refractivity contribution in [1.82, 2.24) is 14.4 Å². The van der Waals surface area contributed by atoms with Crippen molar-refractivity contribution < 1.29 is 73.0 Å². The van der Waals surface area contributed by atoms with E-state index < -0.39 is 107 Å². The molecule has 0 saturated carbocycles. The van der Waals surface area contributed by atoms with Crippen molar-refractivity contribution in [2.24, 2.45) is 17.8 Å². The molecule has 4 heterocycles. The van der Waals surface area contributed by atoms with Crippen LogP contribution >= 0.6 is 0 Å². The van der Waals surface area contributed by atoms with Gasteiger partial charge < -0.3 is 77.8 Å². The number of benzene rings is 1. The molecule has 0 bridgehead atoms. The summed E-state index contributed by atoms with van der Waals surface area (Å²) < 4.78 is 53.3. The van der Waals surface area contributed by atoms with E-state index in [9.17, 15) is 39.9 Å². The molecule has 18 atom stereocenters. The maximum absolute atomic E-state index is 14.6. The number of rotatable bonds is 18. The van der Waals surface area contributed by atoms with Gasteiger partial charge in [0.2, 0.25) is 5.43 Å². The second kappa shape index (κ2) is 26.7. The first-order valence-electron chi connectivity index (χ1n) is 27.3. The third-order valence-corrected chi connectivity index (χ3v) is 16.4. The van der Waals surface area contributed by atoms with Gasteiger partial charge in [0.15, 0.2) is 12.6 Å². The number of carbonyl (C=O) groups is 2. The van der Waals surface area contributed by atoms with Gasteiger partial charge in [-0.3, -0.25) is 9.59 Å². The molecule has 0 unspecified atom stereocenters. The minimum Gasteiger partial charge on any atom is -0.477 e. The van der Waals surface area contributed by atoms with Gasteiger partial charge in [-0.1, -0.05) is 26.8 Å². The molecular weight excluding hydrogens is 971 g/mol. The highest BCUT2D eigenvalue weighted by molar-refractivity contribution is 5.92. The Morgan fingerprint density at radius 2 is 1.60 bits per heavy atom. The van der Waals surface area contributed by atoms with Crippen LogP contribution in [0.25, 0.3) is 10.9 Å². The number of cyclic esters (lactones) is 1. The first-order chi connectivity index (χ1) is 35.1. The van der Waals surface area contributed by atoms with Gasteiger partial charge in [-0.15, -0.1) is 0 Å². The maximum Gasteiger partial charge on any atom is 0.341 e. The fraction of sp³-hybridized carbons (Fsp3) is 0.804. The largest absolute Gasteiger partial charge is 0.477 e. The van der Waals surface area contributed by atoms with Crippen LogP contribution in [-0.2, 0) is 55.7 Å². The van der Waals surface area contributed by atoms with Crippen molar-refractivity contribution in [3.63, 3.8) is 0 Å². The van der Waals surface area contributed by atoms with Crippen LogP contribution in [0.2, 0.25) is 0 Å². The summed E-state index contributed by atoms with van der Waals surface area (Å²) >= 11 is 0. The minimum absolute atomic E-state index is 0.174. The number of aryl methyl sites for hydroxylation is 2. The second-order valence-electron chi connectivity index (χ2n) is 22.9. The van der Waals surface area contributed by atoms with Gasteiger partial charge >= 0.3 is 11.9 Å². The standard InChI is InChI=1S/C56H93N3O16/c1-16-43-56(11,67)48(62)36(7)58(14)30-32(3)28-54(9,66)49(75-53-46(61)42(57(12)13)26-33(4)71-53)34(5)47(35(6)52(65)73-43)74-44-29-55(10,68-15)50(37(8)72-44)70-25-19-24-69-23-18-20-38-21-22-41-39(27-38)45(60)40(51(63)64)31-59(41)17-2/h21-22,27,31-37,42-44,46-50,53,61-62,66-67H,16-20,23-26,28-30H2,1-15H3,(H,63,64)/t32-,33-,34+,35-,36-,37+,42+,43-,44+,46-,47+,48-,49-,50+,53+,54-,55-,56-/m1/s1. The Hall–Kier alpha value is -3.15. The topological polar surface area (TPSA) is 238 Å². The lowest BCUT2D eigenvalue weighted by atomic mass is 9.77. The average Bonchev–Trinajstić information content (AvgIpc) is 3.34. The van der Waals surface area contributed by atoms with Crippen LogP contribution in [0.15, 0.2) is 29.2 Å². The average molecular weight is 1060 g/mol. The zero-order valence-corrected chi connectivity index (χ0v) is 47.5. The normalized spacial score (nSPS) is 38.0. The first kappa shape index (κ1) is 62.7. The molecule has 19 nitrogen and oxygen atoms in total. The molecule has 3 fully saturated rings. The van der Waals surface area contributed by atoms with Crippen molar-refractivity contribution in [3.8, 4) is 0 Å². The number of hydrogen-bond donors (Lipinski definition) is 5. The molecule has 1 aromatic heterocycles. The van der Waals surface area contributed by atoms with E-state index in [4.69, 9.17) is 37.9 Å². The number of aliphatic hydroxyl groups excluding tert-OH is 2. The molecule has 3 aliphatic rings. The number of aliphatic hydroxyl groups is 4. The Kier molecular flexibility index (Phi) is 22.3. The van der Waals surface area contributed by atoms with Crippen LogP contribution in [0, 0.1) is 17.8 Å². The Balaban J connectivity index is 1.32. The Bertz CT molecular complexity index is 2220. The number of fused-ring (bicyclic) bond motifs is 1. The molecule has 5 rings (SSSR count). The smallest absolute Gasteiger partial charge is 0.341 e. The molecule has 0 amide bonds. The van der Waals surface area contributed by atoms with Crippen LogP contribution in [0.1, 0.15) is 131 Å². The Morgan fingerprint density at radius 3 is 2.23 bits per heavy atom. The summed E-state index contributed by atoms with van der Waals surface area (Å²) in [5.41, 5.74) is -3.50. The van der Waals surface area contributed by atoms with Gasteiger partial charge in [0.25, 0.3) is 0 Å². The molecule has 2 aromatic rings. The number of aromatic nitrogens is 1. The molecule has 1 aromatic carbocycles. The number of carboxylic acids is 1. The van der Waals surface area contributed by atoms with E-state index in [2.05, 4.69) is 0 Å². The number of carboxylic acid groups (broad SMARTS) is 1. The SMILES string of the molecule is CC[C@H]1OC(=O)[C@H](C)[C@@H](O[C@H]2C[C@@](C)(OC)[C@@H](OCCCOCCCc3ccc4c(c3)c(=O)c(C(=O)O)cn4CC)[C@H](C)O2)[C@H](C)[C@@H](O[C@@H]2O[C@H](C)C[C@H](N(C)C)[C@H]2O)[C@](C)(O)C[C@@H](C)CN(C)[C@H](C)[C@@H](O)[C@]1(C)O. The zero-order chi connectivity index (χ0) is 55.9. The van der Waals surface area contributed by atoms with E-state index in [1.54, 1.807) is 45.4 Å². The van der Waals surface area contributed by atoms with Crippen molar-refractivity contribution >= 4 is 22.8 Å². The van der Waals surface area contributed by atoms with Gasteiger partial charge in [0.1, 0.15) is 35.6 Å². The second-order valence-corrected chi connectivity index (χ2v) is 22.9. The monoisotopic (exact) mass is 1060 g/mol. The molecule has 75 heavy (non-hydrogen) atoms. The molecule has 3 aliphatic heterocycles. The first-order valence-corrected chi connectivity index (χ1v) is 27.3. The maximum atomic E-state index is 14.6.